The van der Waals surface area contributed by atoms with Crippen molar-refractivity contribution in [2.45, 2.75) is 31.4 Å². The van der Waals surface area contributed by atoms with Gasteiger partial charge in [-0.3, -0.25) is 14.7 Å². The van der Waals surface area contributed by atoms with Gasteiger partial charge < -0.3 is 10.1 Å². The SMILES string of the molecule is N#Cc1ccncc1OC1CCN(C(CNC(=O)c2c(F)cccc2Cl)c2scnc2C(F)F)CC1. The van der Waals surface area contributed by atoms with E-state index in [0.29, 0.717) is 42.1 Å². The molecule has 4 rings (SSSR count). The van der Waals surface area contributed by atoms with E-state index in [1.54, 1.807) is 6.07 Å². The predicted molar refractivity (Wildman–Crippen MR) is 128 cm³/mol. The molecule has 1 aliphatic rings. The third-order valence-electron chi connectivity index (χ3n) is 5.90. The van der Waals surface area contributed by atoms with Gasteiger partial charge in [0.1, 0.15) is 23.7 Å². The molecular weight excluding hydrogens is 515 g/mol. The number of hydrogen-bond acceptors (Lipinski definition) is 7. The van der Waals surface area contributed by atoms with E-state index in [4.69, 9.17) is 16.3 Å². The fraction of sp³-hybridized carbons (Fsp3) is 0.333. The summed E-state index contributed by atoms with van der Waals surface area (Å²) in [5.41, 5.74) is 1.09. The topological polar surface area (TPSA) is 91.1 Å². The van der Waals surface area contributed by atoms with Gasteiger partial charge in [-0.05, 0) is 31.0 Å². The van der Waals surface area contributed by atoms with E-state index in [0.717, 1.165) is 17.4 Å². The minimum atomic E-state index is -2.78. The van der Waals surface area contributed by atoms with Crippen molar-refractivity contribution in [2.75, 3.05) is 19.6 Å². The molecule has 188 valence electrons. The monoisotopic (exact) mass is 535 g/mol. The van der Waals surface area contributed by atoms with Crippen LogP contribution in [0.1, 0.15) is 51.8 Å². The molecule has 1 unspecified atom stereocenters. The number of aromatic nitrogens is 2. The number of ether oxygens (including phenoxy) is 1. The summed E-state index contributed by atoms with van der Waals surface area (Å²) in [6, 6.07) is 6.95. The van der Waals surface area contributed by atoms with E-state index in [1.165, 1.54) is 30.0 Å². The smallest absolute Gasteiger partial charge is 0.281 e. The third-order valence-corrected chi connectivity index (χ3v) is 7.16. The Morgan fingerprint density at radius 3 is 2.81 bits per heavy atom. The number of carbonyl (C=O) groups excluding carboxylic acids is 1. The van der Waals surface area contributed by atoms with Crippen molar-refractivity contribution in [3.05, 3.63) is 74.7 Å². The summed E-state index contributed by atoms with van der Waals surface area (Å²) in [5.74, 6) is -1.11. The van der Waals surface area contributed by atoms with Gasteiger partial charge in [-0.2, -0.15) is 5.26 Å². The van der Waals surface area contributed by atoms with Crippen LogP contribution < -0.4 is 10.1 Å². The van der Waals surface area contributed by atoms with E-state index in [9.17, 15) is 23.2 Å². The first-order valence-electron chi connectivity index (χ1n) is 11.1. The molecule has 1 N–H and O–H groups in total. The zero-order chi connectivity index (χ0) is 25.7. The molecule has 3 aromatic rings. The van der Waals surface area contributed by atoms with Crippen molar-refractivity contribution in [1.82, 2.24) is 20.2 Å². The lowest BCUT2D eigenvalue weighted by Crippen LogP contribution is -2.44. The molecule has 0 aliphatic carbocycles. The molecule has 1 saturated heterocycles. The molecule has 12 heteroatoms. The number of pyridine rings is 1. The number of nitriles is 1. The number of carbonyl (C=O) groups is 1. The lowest BCUT2D eigenvalue weighted by Gasteiger charge is -2.37. The Hall–Kier alpha value is -3.20. The van der Waals surface area contributed by atoms with Gasteiger partial charge >= 0.3 is 0 Å². The van der Waals surface area contributed by atoms with Gasteiger partial charge in [0.15, 0.2) is 5.75 Å². The number of thiazole rings is 1. The van der Waals surface area contributed by atoms with Gasteiger partial charge in [0, 0.05) is 25.8 Å². The highest BCUT2D eigenvalue weighted by molar-refractivity contribution is 7.09. The Labute approximate surface area is 214 Å². The quantitative estimate of drug-likeness (QED) is 0.429. The summed E-state index contributed by atoms with van der Waals surface area (Å²) < 4.78 is 47.5. The van der Waals surface area contributed by atoms with E-state index in [-0.39, 0.29) is 28.9 Å². The fourth-order valence-corrected chi connectivity index (χ4v) is 5.29. The van der Waals surface area contributed by atoms with Crippen LogP contribution in [-0.2, 0) is 0 Å². The number of nitrogens with one attached hydrogen (secondary N) is 1. The molecule has 3 heterocycles. The molecule has 0 spiro atoms. The lowest BCUT2D eigenvalue weighted by molar-refractivity contribution is 0.0700. The Morgan fingerprint density at radius 2 is 2.11 bits per heavy atom. The summed E-state index contributed by atoms with van der Waals surface area (Å²) in [5, 5.41) is 11.9. The highest BCUT2D eigenvalue weighted by Gasteiger charge is 2.32. The summed E-state index contributed by atoms with van der Waals surface area (Å²) in [4.78, 5) is 22.8. The van der Waals surface area contributed by atoms with Crippen LogP contribution in [0.4, 0.5) is 13.2 Å². The number of alkyl halides is 2. The van der Waals surface area contributed by atoms with Gasteiger partial charge in [0.05, 0.1) is 38.8 Å². The largest absolute Gasteiger partial charge is 0.487 e. The average molecular weight is 536 g/mol. The number of piperidine rings is 1. The van der Waals surface area contributed by atoms with Gasteiger partial charge in [-0.25, -0.2) is 18.2 Å². The second kappa shape index (κ2) is 11.7. The van der Waals surface area contributed by atoms with Gasteiger partial charge in [0.2, 0.25) is 0 Å². The zero-order valence-corrected chi connectivity index (χ0v) is 20.4. The number of hydrogen-bond donors (Lipinski definition) is 1. The van der Waals surface area contributed by atoms with Crippen LogP contribution in [0, 0.1) is 17.1 Å². The van der Waals surface area contributed by atoms with Gasteiger partial charge in [-0.1, -0.05) is 17.7 Å². The van der Waals surface area contributed by atoms with E-state index >= 15 is 0 Å². The van der Waals surface area contributed by atoms with Gasteiger partial charge in [0.25, 0.3) is 12.3 Å². The van der Waals surface area contributed by atoms with Crippen molar-refractivity contribution in [3.63, 3.8) is 0 Å². The third kappa shape index (κ3) is 5.78. The minimum Gasteiger partial charge on any atom is -0.487 e. The molecule has 1 fully saturated rings. The summed E-state index contributed by atoms with van der Waals surface area (Å²) in [6.45, 7) is 0.918. The Bertz CT molecular complexity index is 1240. The van der Waals surface area contributed by atoms with Crippen molar-refractivity contribution in [1.29, 1.82) is 5.26 Å². The second-order valence-corrected chi connectivity index (χ2v) is 9.36. The van der Waals surface area contributed by atoms with E-state index in [1.807, 2.05) is 4.90 Å². The number of halogens is 4. The molecule has 2 aromatic heterocycles. The number of likely N-dealkylation sites (tertiary alicyclic amines) is 1. The molecular formula is C24H21ClF3N5O2S. The number of rotatable bonds is 8. The van der Waals surface area contributed by atoms with Crippen molar-refractivity contribution in [3.8, 4) is 11.8 Å². The van der Waals surface area contributed by atoms with Crippen molar-refractivity contribution >= 4 is 28.8 Å². The predicted octanol–water partition coefficient (Wildman–Crippen LogP) is 5.15. The molecule has 1 aliphatic heterocycles. The number of amides is 1. The summed E-state index contributed by atoms with van der Waals surface area (Å²) in [6.07, 6.45) is 1.15. The second-order valence-electron chi connectivity index (χ2n) is 8.06. The van der Waals surface area contributed by atoms with E-state index in [2.05, 4.69) is 21.4 Å². The Morgan fingerprint density at radius 1 is 1.33 bits per heavy atom. The molecule has 0 radical (unpaired) electrons. The summed E-state index contributed by atoms with van der Waals surface area (Å²) >= 11 is 7.08. The maximum absolute atomic E-state index is 14.2. The molecule has 1 aromatic carbocycles. The standard InChI is InChI=1S/C24H21ClF3N5O2S/c25-16-2-1-3-17(26)20(16)24(34)31-11-18(22-21(23(27)28)32-13-36-22)33-8-5-15(6-9-33)35-19-12-30-7-4-14(19)10-29/h1-4,7,12-13,15,18,23H,5-6,8-9,11H2,(H,31,34). The highest BCUT2D eigenvalue weighted by atomic mass is 35.5. The highest BCUT2D eigenvalue weighted by Crippen LogP contribution is 2.35. The van der Waals surface area contributed by atoms with Gasteiger partial charge in [-0.15, -0.1) is 11.3 Å². The van der Waals surface area contributed by atoms with Crippen molar-refractivity contribution in [2.24, 2.45) is 0 Å². The van der Waals surface area contributed by atoms with Crippen LogP contribution in [0.2, 0.25) is 5.02 Å². The molecule has 0 saturated carbocycles. The first kappa shape index (κ1) is 25.9. The van der Waals surface area contributed by atoms with Crippen LogP contribution in [0.25, 0.3) is 0 Å². The van der Waals surface area contributed by atoms with Crippen LogP contribution in [0.5, 0.6) is 5.75 Å². The van der Waals surface area contributed by atoms with Crippen LogP contribution in [0.3, 0.4) is 0 Å². The Kier molecular flexibility index (Phi) is 8.40. The lowest BCUT2D eigenvalue weighted by atomic mass is 10.0. The molecule has 0 bridgehead atoms. The molecule has 36 heavy (non-hydrogen) atoms. The first-order valence-corrected chi connectivity index (χ1v) is 12.3. The first-order chi connectivity index (χ1) is 17.4. The molecule has 1 atom stereocenters. The molecule has 7 nitrogen and oxygen atoms in total. The van der Waals surface area contributed by atoms with E-state index < -0.39 is 24.2 Å². The Balaban J connectivity index is 1.49. The summed E-state index contributed by atoms with van der Waals surface area (Å²) in [7, 11) is 0. The molecule has 1 amide bonds. The van der Waals surface area contributed by atoms with Crippen LogP contribution in [0.15, 0.2) is 42.2 Å². The van der Waals surface area contributed by atoms with Crippen molar-refractivity contribution < 1.29 is 22.7 Å². The normalized spacial score (nSPS) is 15.4. The maximum Gasteiger partial charge on any atom is 0.281 e. The van der Waals surface area contributed by atoms with Crippen LogP contribution in [-0.4, -0.2) is 46.5 Å². The minimum absolute atomic E-state index is 0.0415. The number of benzene rings is 1. The number of nitrogens with zero attached hydrogens (tertiary/aromatic N) is 4. The van der Waals surface area contributed by atoms with Crippen LogP contribution >= 0.6 is 22.9 Å². The average Bonchev–Trinajstić information content (AvgIpc) is 3.35. The zero-order valence-electron chi connectivity index (χ0n) is 18.8. The fourth-order valence-electron chi connectivity index (χ4n) is 4.11. The maximum atomic E-state index is 14.2.